The monoisotopic (exact) mass is 277 g/mol. The zero-order chi connectivity index (χ0) is 14.5. The normalized spacial score (nSPS) is 10.3. The van der Waals surface area contributed by atoms with Gasteiger partial charge in [-0.15, -0.1) is 10.2 Å². The smallest absolute Gasteiger partial charge is 0.344 e. The quantitative estimate of drug-likeness (QED) is 0.628. The maximum Gasteiger partial charge on any atom is 0.344 e. The molecule has 0 aliphatic carbocycles. The van der Waals surface area contributed by atoms with Crippen LogP contribution < -0.4 is 10.5 Å². The van der Waals surface area contributed by atoms with Gasteiger partial charge in [0.2, 0.25) is 5.82 Å². The number of nitrogens with zero attached hydrogens (tertiary/aromatic N) is 4. The van der Waals surface area contributed by atoms with Gasteiger partial charge in [0.15, 0.2) is 6.61 Å². The summed E-state index contributed by atoms with van der Waals surface area (Å²) >= 11 is 0. The summed E-state index contributed by atoms with van der Waals surface area (Å²) in [6.07, 6.45) is 0. The van der Waals surface area contributed by atoms with Gasteiger partial charge in [-0.2, -0.15) is 4.80 Å². The van der Waals surface area contributed by atoms with Crippen LogP contribution in [0, 0.1) is 0 Å². The number of rotatable bonds is 5. The van der Waals surface area contributed by atoms with Crippen molar-refractivity contribution >= 4 is 11.7 Å². The van der Waals surface area contributed by atoms with Crippen LogP contribution in [0.4, 0.5) is 5.69 Å². The molecule has 0 saturated heterocycles. The van der Waals surface area contributed by atoms with Crippen LogP contribution in [-0.4, -0.2) is 32.8 Å². The largest absolute Gasteiger partial charge is 0.493 e. The van der Waals surface area contributed by atoms with Crippen LogP contribution in [0.15, 0.2) is 18.2 Å². The third kappa shape index (κ3) is 3.02. The highest BCUT2D eigenvalue weighted by atomic mass is 16.5. The molecule has 0 aliphatic heterocycles. The molecule has 1 aromatic heterocycles. The van der Waals surface area contributed by atoms with E-state index in [9.17, 15) is 4.79 Å². The number of aromatic nitrogens is 4. The average Bonchev–Trinajstić information content (AvgIpc) is 2.82. The second kappa shape index (κ2) is 6.00. The van der Waals surface area contributed by atoms with Gasteiger partial charge in [0.1, 0.15) is 11.3 Å². The molecule has 20 heavy (non-hydrogen) atoms. The summed E-state index contributed by atoms with van der Waals surface area (Å²) in [6, 6.07) is 4.98. The summed E-state index contributed by atoms with van der Waals surface area (Å²) in [5, 5.41) is 11.3. The molecule has 0 amide bonds. The molecule has 0 atom stereocenters. The zero-order valence-corrected chi connectivity index (χ0v) is 11.2. The van der Waals surface area contributed by atoms with E-state index in [0.29, 0.717) is 23.9 Å². The number of tetrazole rings is 1. The van der Waals surface area contributed by atoms with Gasteiger partial charge in [-0.1, -0.05) is 6.07 Å². The Kier molecular flexibility index (Phi) is 4.14. The third-order valence-electron chi connectivity index (χ3n) is 2.44. The molecule has 1 heterocycles. The first kappa shape index (κ1) is 13.8. The Hall–Kier alpha value is -2.64. The van der Waals surface area contributed by atoms with Crippen molar-refractivity contribution < 1.29 is 14.3 Å². The lowest BCUT2D eigenvalue weighted by atomic mass is 10.1. The Bertz CT molecular complexity index is 611. The molecule has 8 heteroatoms. The third-order valence-corrected chi connectivity index (χ3v) is 2.44. The van der Waals surface area contributed by atoms with Crippen LogP contribution in [0.1, 0.15) is 23.1 Å². The predicted molar refractivity (Wildman–Crippen MR) is 69.9 cm³/mol. The van der Waals surface area contributed by atoms with E-state index in [1.165, 1.54) is 4.80 Å². The molecule has 0 spiro atoms. The van der Waals surface area contributed by atoms with Gasteiger partial charge in [0, 0.05) is 5.69 Å². The maximum absolute atomic E-state index is 12.1. The highest BCUT2D eigenvalue weighted by Gasteiger charge is 2.18. The van der Waals surface area contributed by atoms with Crippen molar-refractivity contribution in [3.05, 3.63) is 29.6 Å². The summed E-state index contributed by atoms with van der Waals surface area (Å²) < 4.78 is 10.5. The Morgan fingerprint density at radius 3 is 2.90 bits per heavy atom. The number of nitrogens with two attached hydrogens (primary N) is 1. The van der Waals surface area contributed by atoms with Crippen LogP contribution in [0.5, 0.6) is 5.75 Å². The standard InChI is InChI=1S/C12H15N5O3/c1-3-19-9-6-4-5-8(13)11(9)12(18)20-7-10-14-16-17(2)15-10/h4-6H,3,7,13H2,1-2H3. The lowest BCUT2D eigenvalue weighted by Gasteiger charge is -2.11. The molecule has 0 radical (unpaired) electrons. The minimum atomic E-state index is -0.584. The van der Waals surface area contributed by atoms with Crippen molar-refractivity contribution in [3.8, 4) is 5.75 Å². The van der Waals surface area contributed by atoms with E-state index in [1.54, 1.807) is 25.2 Å². The average molecular weight is 277 g/mol. The number of carbonyl (C=O) groups is 1. The second-order valence-electron chi connectivity index (χ2n) is 3.92. The van der Waals surface area contributed by atoms with Gasteiger partial charge in [-0.3, -0.25) is 0 Å². The number of carbonyl (C=O) groups excluding carboxylic acids is 1. The molecule has 8 nitrogen and oxygen atoms in total. The number of aryl methyl sites for hydroxylation is 1. The summed E-state index contributed by atoms with van der Waals surface area (Å²) in [5.41, 5.74) is 6.30. The van der Waals surface area contributed by atoms with Gasteiger partial charge in [0.25, 0.3) is 0 Å². The molecule has 2 N–H and O–H groups in total. The molecule has 0 aliphatic rings. The lowest BCUT2D eigenvalue weighted by Crippen LogP contribution is -2.11. The van der Waals surface area contributed by atoms with Gasteiger partial charge < -0.3 is 15.2 Å². The van der Waals surface area contributed by atoms with Crippen LogP contribution in [-0.2, 0) is 18.4 Å². The van der Waals surface area contributed by atoms with Gasteiger partial charge in [-0.25, -0.2) is 4.79 Å². The molecule has 0 fully saturated rings. The van der Waals surface area contributed by atoms with Gasteiger partial charge in [-0.05, 0) is 24.3 Å². The number of benzene rings is 1. The first-order valence-corrected chi connectivity index (χ1v) is 6.03. The minimum Gasteiger partial charge on any atom is -0.493 e. The number of anilines is 1. The molecule has 106 valence electrons. The highest BCUT2D eigenvalue weighted by Crippen LogP contribution is 2.25. The van der Waals surface area contributed by atoms with Crippen LogP contribution >= 0.6 is 0 Å². The Morgan fingerprint density at radius 1 is 1.45 bits per heavy atom. The number of ether oxygens (including phenoxy) is 2. The van der Waals surface area contributed by atoms with E-state index in [0.717, 1.165) is 0 Å². The molecule has 0 saturated carbocycles. The van der Waals surface area contributed by atoms with Crippen LogP contribution in [0.3, 0.4) is 0 Å². The van der Waals surface area contributed by atoms with E-state index < -0.39 is 5.97 Å². The van der Waals surface area contributed by atoms with E-state index in [2.05, 4.69) is 15.4 Å². The molecule has 1 aromatic carbocycles. The maximum atomic E-state index is 12.1. The molecule has 0 unspecified atom stereocenters. The highest BCUT2D eigenvalue weighted by molar-refractivity contribution is 5.98. The molecule has 2 rings (SSSR count). The van der Waals surface area contributed by atoms with E-state index >= 15 is 0 Å². The second-order valence-corrected chi connectivity index (χ2v) is 3.92. The van der Waals surface area contributed by atoms with E-state index in [4.69, 9.17) is 15.2 Å². The molecular weight excluding hydrogens is 262 g/mol. The predicted octanol–water partition coefficient (Wildman–Crippen LogP) is 0.548. The van der Waals surface area contributed by atoms with Crippen molar-refractivity contribution in [2.24, 2.45) is 7.05 Å². The Morgan fingerprint density at radius 2 is 2.25 bits per heavy atom. The van der Waals surface area contributed by atoms with Gasteiger partial charge in [0.05, 0.1) is 13.7 Å². The SMILES string of the molecule is CCOc1cccc(N)c1C(=O)OCc1nnn(C)n1. The van der Waals surface area contributed by atoms with Crippen LogP contribution in [0.2, 0.25) is 0 Å². The first-order chi connectivity index (χ1) is 9.61. The Labute approximate surface area is 115 Å². The number of hydrogen-bond donors (Lipinski definition) is 1. The summed E-state index contributed by atoms with van der Waals surface area (Å²) in [5.74, 6) is 0.122. The van der Waals surface area contributed by atoms with Crippen molar-refractivity contribution in [1.29, 1.82) is 0 Å². The fraction of sp³-hybridized carbons (Fsp3) is 0.333. The molecular formula is C12H15N5O3. The zero-order valence-electron chi connectivity index (χ0n) is 11.2. The lowest BCUT2D eigenvalue weighted by molar-refractivity contribution is 0.0459. The summed E-state index contributed by atoms with van der Waals surface area (Å²) in [6.45, 7) is 2.17. The van der Waals surface area contributed by atoms with E-state index in [-0.39, 0.29) is 12.2 Å². The summed E-state index contributed by atoms with van der Waals surface area (Å²) in [7, 11) is 1.63. The fourth-order valence-corrected chi connectivity index (χ4v) is 1.63. The van der Waals surface area contributed by atoms with Crippen molar-refractivity contribution in [2.45, 2.75) is 13.5 Å². The number of hydrogen-bond acceptors (Lipinski definition) is 7. The van der Waals surface area contributed by atoms with Gasteiger partial charge >= 0.3 is 5.97 Å². The number of nitrogen functional groups attached to an aromatic ring is 1. The Balaban J connectivity index is 2.12. The fourth-order valence-electron chi connectivity index (χ4n) is 1.63. The number of esters is 1. The van der Waals surface area contributed by atoms with Crippen molar-refractivity contribution in [2.75, 3.05) is 12.3 Å². The van der Waals surface area contributed by atoms with Crippen molar-refractivity contribution in [1.82, 2.24) is 20.2 Å². The first-order valence-electron chi connectivity index (χ1n) is 6.03. The molecule has 2 aromatic rings. The topological polar surface area (TPSA) is 105 Å². The van der Waals surface area contributed by atoms with Crippen LogP contribution in [0.25, 0.3) is 0 Å². The van der Waals surface area contributed by atoms with E-state index in [1.807, 2.05) is 6.92 Å². The van der Waals surface area contributed by atoms with Crippen molar-refractivity contribution in [3.63, 3.8) is 0 Å². The summed E-state index contributed by atoms with van der Waals surface area (Å²) in [4.78, 5) is 13.4. The minimum absolute atomic E-state index is 0.0768. The molecule has 0 bridgehead atoms.